The van der Waals surface area contributed by atoms with Crippen molar-refractivity contribution in [2.24, 2.45) is 0 Å². The molecule has 0 aliphatic carbocycles. The van der Waals surface area contributed by atoms with Gasteiger partial charge in [-0.25, -0.2) is 9.67 Å². The van der Waals surface area contributed by atoms with Crippen LogP contribution in [0, 0.1) is 0 Å². The molecule has 0 spiro atoms. The Balaban J connectivity index is 1.34. The summed E-state index contributed by atoms with van der Waals surface area (Å²) in [4.78, 5) is 33.3. The lowest BCUT2D eigenvalue weighted by molar-refractivity contribution is 0.101. The maximum atomic E-state index is 11.8. The lowest BCUT2D eigenvalue weighted by Crippen LogP contribution is -2.47. The van der Waals surface area contributed by atoms with Gasteiger partial charge >= 0.3 is 0 Å². The fraction of sp³-hybridized carbons (Fsp3) is 0.208. The van der Waals surface area contributed by atoms with Gasteiger partial charge in [0.25, 0.3) is 0 Å². The van der Waals surface area contributed by atoms with Crippen molar-refractivity contribution in [1.29, 1.82) is 0 Å². The van der Waals surface area contributed by atoms with E-state index in [0.29, 0.717) is 28.5 Å². The van der Waals surface area contributed by atoms with E-state index in [1.165, 1.54) is 0 Å². The number of ketones is 1. The second kappa shape index (κ2) is 7.84. The van der Waals surface area contributed by atoms with Crippen molar-refractivity contribution >= 4 is 39.5 Å². The maximum absolute atomic E-state index is 11.8. The van der Waals surface area contributed by atoms with E-state index in [-0.39, 0.29) is 11.5 Å². The Morgan fingerprint density at radius 3 is 2.53 bits per heavy atom. The van der Waals surface area contributed by atoms with Crippen LogP contribution in [0.3, 0.4) is 0 Å². The summed E-state index contributed by atoms with van der Waals surface area (Å²) in [7, 11) is 0. The Labute approximate surface area is 194 Å². The van der Waals surface area contributed by atoms with Gasteiger partial charge in [0.2, 0.25) is 5.95 Å². The zero-order valence-electron chi connectivity index (χ0n) is 18.5. The van der Waals surface area contributed by atoms with Crippen LogP contribution in [0.4, 0.5) is 11.6 Å². The Morgan fingerprint density at radius 1 is 1.00 bits per heavy atom. The number of aromatic nitrogens is 6. The lowest BCUT2D eigenvalue weighted by atomic mass is 10.1. The number of aromatic hydroxyl groups is 1. The first-order chi connectivity index (χ1) is 16.6. The number of carbonyl (C=O) groups excluding carboxylic acids is 1. The average molecular weight is 454 g/mol. The SMILES string of the molecule is CC(=O)c1ccc2c(cnn2-c2nc(N3CCN(c4ccc(O)cc4)CC3)nc3nc[nH]c23)c1. The first kappa shape index (κ1) is 20.2. The van der Waals surface area contributed by atoms with Crippen LogP contribution in [0.2, 0.25) is 0 Å². The van der Waals surface area contributed by atoms with Gasteiger partial charge in [-0.3, -0.25) is 4.79 Å². The highest BCUT2D eigenvalue weighted by atomic mass is 16.3. The second-order valence-electron chi connectivity index (χ2n) is 8.33. The number of benzene rings is 2. The van der Waals surface area contributed by atoms with Crippen molar-refractivity contribution in [3.63, 3.8) is 0 Å². The van der Waals surface area contributed by atoms with Crippen LogP contribution >= 0.6 is 0 Å². The number of Topliss-reactive ketones (excluding diaryl/α,β-unsaturated/α-hetero) is 1. The third-order valence-electron chi connectivity index (χ3n) is 6.21. The standard InChI is InChI=1S/C24H22N8O2/c1-15(33)16-2-7-20-17(12-16)13-27-32(20)23-21-22(26-14-25-21)28-24(29-23)31-10-8-30(9-11-31)18-3-5-19(34)6-4-18/h2-7,12-14,34H,8-11H2,1H3,(H,25,26,28,29). The Morgan fingerprint density at radius 2 is 1.76 bits per heavy atom. The molecule has 6 rings (SSSR count). The topological polar surface area (TPSA) is 116 Å². The molecule has 5 aromatic rings. The van der Waals surface area contributed by atoms with Crippen LogP contribution in [-0.2, 0) is 0 Å². The minimum absolute atomic E-state index is 0.0152. The third-order valence-corrected chi connectivity index (χ3v) is 6.21. The van der Waals surface area contributed by atoms with Crippen LogP contribution in [-0.4, -0.2) is 66.8 Å². The normalized spacial score (nSPS) is 14.3. The molecule has 3 aromatic heterocycles. The van der Waals surface area contributed by atoms with Crippen molar-refractivity contribution in [1.82, 2.24) is 29.7 Å². The molecule has 10 heteroatoms. The number of aromatic amines is 1. The number of hydrogen-bond acceptors (Lipinski definition) is 8. The van der Waals surface area contributed by atoms with Gasteiger partial charge in [-0.1, -0.05) is 0 Å². The molecule has 34 heavy (non-hydrogen) atoms. The number of nitrogens with zero attached hydrogens (tertiary/aromatic N) is 7. The molecule has 2 aromatic carbocycles. The number of phenols is 1. The van der Waals surface area contributed by atoms with Crippen molar-refractivity contribution in [2.75, 3.05) is 36.0 Å². The smallest absolute Gasteiger partial charge is 0.229 e. The van der Waals surface area contributed by atoms with E-state index in [0.717, 1.165) is 42.8 Å². The highest BCUT2D eigenvalue weighted by molar-refractivity contribution is 5.98. The van der Waals surface area contributed by atoms with Gasteiger partial charge in [-0.15, -0.1) is 0 Å². The molecule has 1 aliphatic heterocycles. The molecule has 10 nitrogen and oxygen atoms in total. The fourth-order valence-electron chi connectivity index (χ4n) is 4.35. The van der Waals surface area contributed by atoms with Crippen molar-refractivity contribution in [3.05, 3.63) is 60.6 Å². The number of rotatable bonds is 4. The van der Waals surface area contributed by atoms with Gasteiger partial charge in [0.1, 0.15) is 11.3 Å². The predicted octanol–water partition coefficient (Wildman–Crippen LogP) is 2.93. The summed E-state index contributed by atoms with van der Waals surface area (Å²) < 4.78 is 1.76. The molecule has 1 aliphatic rings. The minimum Gasteiger partial charge on any atom is -0.508 e. The summed E-state index contributed by atoms with van der Waals surface area (Å²) in [6.07, 6.45) is 3.34. The van der Waals surface area contributed by atoms with Crippen molar-refractivity contribution in [2.45, 2.75) is 6.92 Å². The third kappa shape index (κ3) is 3.40. The first-order valence-electron chi connectivity index (χ1n) is 11.1. The monoisotopic (exact) mass is 454 g/mol. The molecule has 1 saturated heterocycles. The number of piperazine rings is 1. The minimum atomic E-state index is 0.0152. The molecule has 0 atom stereocenters. The number of imidazole rings is 1. The van der Waals surface area contributed by atoms with E-state index >= 15 is 0 Å². The highest BCUT2D eigenvalue weighted by Gasteiger charge is 2.23. The van der Waals surface area contributed by atoms with Gasteiger partial charge < -0.3 is 19.9 Å². The van der Waals surface area contributed by atoms with Crippen LogP contribution in [0.1, 0.15) is 17.3 Å². The van der Waals surface area contributed by atoms with Crippen LogP contribution < -0.4 is 9.80 Å². The van der Waals surface area contributed by atoms with Gasteiger partial charge in [0, 0.05) is 42.8 Å². The van der Waals surface area contributed by atoms with Crippen molar-refractivity contribution in [3.8, 4) is 11.6 Å². The van der Waals surface area contributed by atoms with E-state index < -0.39 is 0 Å². The number of carbonyl (C=O) groups is 1. The molecule has 2 N–H and O–H groups in total. The number of fused-ring (bicyclic) bond motifs is 2. The summed E-state index contributed by atoms with van der Waals surface area (Å²) in [6.45, 7) is 4.66. The molecular weight excluding hydrogens is 432 g/mol. The molecule has 0 bridgehead atoms. The molecular formula is C24H22N8O2. The summed E-state index contributed by atoms with van der Waals surface area (Å²) >= 11 is 0. The molecule has 4 heterocycles. The van der Waals surface area contributed by atoms with Gasteiger partial charge in [-0.2, -0.15) is 15.1 Å². The largest absolute Gasteiger partial charge is 0.508 e. The Kier molecular flexibility index (Phi) is 4.65. The number of anilines is 2. The maximum Gasteiger partial charge on any atom is 0.229 e. The first-order valence-corrected chi connectivity index (χ1v) is 11.1. The molecule has 1 fully saturated rings. The van der Waals surface area contributed by atoms with E-state index in [4.69, 9.17) is 9.97 Å². The molecule has 0 radical (unpaired) electrons. The van der Waals surface area contributed by atoms with Crippen LogP contribution in [0.15, 0.2) is 55.0 Å². The van der Waals surface area contributed by atoms with Crippen LogP contribution in [0.5, 0.6) is 5.75 Å². The van der Waals surface area contributed by atoms with E-state index in [2.05, 4.69) is 24.9 Å². The van der Waals surface area contributed by atoms with Gasteiger partial charge in [-0.05, 0) is 49.4 Å². The highest BCUT2D eigenvalue weighted by Crippen LogP contribution is 2.26. The zero-order valence-corrected chi connectivity index (χ0v) is 18.5. The van der Waals surface area contributed by atoms with Crippen molar-refractivity contribution < 1.29 is 9.90 Å². The molecule has 0 saturated carbocycles. The second-order valence-corrected chi connectivity index (χ2v) is 8.33. The van der Waals surface area contributed by atoms with Gasteiger partial charge in [0.15, 0.2) is 17.2 Å². The lowest BCUT2D eigenvalue weighted by Gasteiger charge is -2.36. The average Bonchev–Trinajstić information content (AvgIpc) is 3.51. The van der Waals surface area contributed by atoms with Crippen LogP contribution in [0.25, 0.3) is 27.9 Å². The number of H-pyrrole nitrogens is 1. The number of phenolic OH excluding ortho intramolecular Hbond substituents is 1. The molecule has 0 unspecified atom stereocenters. The summed E-state index contributed by atoms with van der Waals surface area (Å²) in [5.41, 5.74) is 3.85. The molecule has 170 valence electrons. The number of nitrogens with one attached hydrogen (secondary N) is 1. The zero-order chi connectivity index (χ0) is 23.2. The fourth-order valence-corrected chi connectivity index (χ4v) is 4.35. The Bertz CT molecular complexity index is 1510. The Hall–Kier alpha value is -4.47. The predicted molar refractivity (Wildman–Crippen MR) is 129 cm³/mol. The quantitative estimate of drug-likeness (QED) is 0.398. The van der Waals surface area contributed by atoms with Gasteiger partial charge in [0.05, 0.1) is 18.0 Å². The van der Waals surface area contributed by atoms with E-state index in [9.17, 15) is 9.90 Å². The number of hydrogen-bond donors (Lipinski definition) is 2. The summed E-state index contributed by atoms with van der Waals surface area (Å²) in [5, 5.41) is 15.0. The molecule has 0 amide bonds. The summed E-state index contributed by atoms with van der Waals surface area (Å²) in [5.74, 6) is 1.49. The van der Waals surface area contributed by atoms with E-state index in [1.54, 1.807) is 42.3 Å². The van der Waals surface area contributed by atoms with E-state index in [1.807, 2.05) is 24.3 Å². The summed E-state index contributed by atoms with van der Waals surface area (Å²) in [6, 6.07) is 12.8.